The molecule has 1 saturated heterocycles. The van der Waals surface area contributed by atoms with Crippen molar-refractivity contribution in [3.05, 3.63) is 65.7 Å². The molecule has 0 saturated carbocycles. The first-order valence-electron chi connectivity index (χ1n) is 9.92. The van der Waals surface area contributed by atoms with Crippen LogP contribution in [0.5, 0.6) is 5.75 Å². The quantitative estimate of drug-likeness (QED) is 0.674. The number of methoxy groups -OCH3 is 1. The highest BCUT2D eigenvalue weighted by molar-refractivity contribution is 6.18. The van der Waals surface area contributed by atoms with Gasteiger partial charge in [0.15, 0.2) is 0 Å². The number of fused-ring (bicyclic) bond motifs is 1. The van der Waals surface area contributed by atoms with E-state index < -0.39 is 0 Å². The second-order valence-corrected chi connectivity index (χ2v) is 7.44. The van der Waals surface area contributed by atoms with E-state index in [1.165, 1.54) is 0 Å². The number of carbonyl (C=O) groups is 2. The number of imide groups is 1. The van der Waals surface area contributed by atoms with Gasteiger partial charge in [-0.3, -0.25) is 9.59 Å². The van der Waals surface area contributed by atoms with E-state index in [1.807, 2.05) is 42.5 Å². The third-order valence-corrected chi connectivity index (χ3v) is 5.63. The third-order valence-electron chi connectivity index (χ3n) is 5.63. The summed E-state index contributed by atoms with van der Waals surface area (Å²) in [4.78, 5) is 30.0. The molecule has 1 N–H and O–H groups in total. The van der Waals surface area contributed by atoms with E-state index >= 15 is 0 Å². The fourth-order valence-corrected chi connectivity index (χ4v) is 4.07. The van der Waals surface area contributed by atoms with Crippen LogP contribution in [0.4, 0.5) is 11.9 Å². The summed E-state index contributed by atoms with van der Waals surface area (Å²) >= 11 is 0. The lowest BCUT2D eigenvalue weighted by Crippen LogP contribution is -2.30. The molecule has 2 unspecified atom stereocenters. The normalized spacial score (nSPS) is 20.8. The number of amides is 2. The highest BCUT2D eigenvalue weighted by Crippen LogP contribution is 2.39. The van der Waals surface area contributed by atoms with Gasteiger partial charge < -0.3 is 10.1 Å². The summed E-state index contributed by atoms with van der Waals surface area (Å²) in [5, 5.41) is 7.98. The number of benzene rings is 2. The molecule has 1 fully saturated rings. The van der Waals surface area contributed by atoms with Crippen molar-refractivity contribution >= 4 is 23.7 Å². The molecule has 0 spiro atoms. The third kappa shape index (κ3) is 3.10. The zero-order chi connectivity index (χ0) is 20.7. The Morgan fingerprint density at radius 3 is 2.33 bits per heavy atom. The summed E-state index contributed by atoms with van der Waals surface area (Å²) < 4.78 is 7.05. The summed E-state index contributed by atoms with van der Waals surface area (Å²) in [5.74, 6) is 0.960. The Morgan fingerprint density at radius 1 is 0.967 bits per heavy atom. The molecule has 8 nitrogen and oxygen atoms in total. The van der Waals surface area contributed by atoms with Crippen molar-refractivity contribution in [1.29, 1.82) is 0 Å². The highest BCUT2D eigenvalue weighted by atomic mass is 16.5. The lowest BCUT2D eigenvalue weighted by atomic mass is 9.93. The van der Waals surface area contributed by atoms with E-state index in [2.05, 4.69) is 27.5 Å². The minimum absolute atomic E-state index is 0.00403. The number of anilines is 2. The molecular weight excluding hydrogens is 382 g/mol. The van der Waals surface area contributed by atoms with E-state index in [4.69, 9.17) is 4.74 Å². The van der Waals surface area contributed by atoms with Gasteiger partial charge in [0.25, 0.3) is 5.95 Å². The second-order valence-electron chi connectivity index (χ2n) is 7.44. The number of hydrogen-bond acceptors (Lipinski definition) is 6. The molecule has 2 atom stereocenters. The molecule has 3 heterocycles. The van der Waals surface area contributed by atoms with Crippen LogP contribution in [0.2, 0.25) is 0 Å². The van der Waals surface area contributed by atoms with Crippen LogP contribution in [0.25, 0.3) is 0 Å². The minimum atomic E-state index is -0.258. The van der Waals surface area contributed by atoms with Gasteiger partial charge in [0, 0.05) is 12.8 Å². The SMILES string of the molecule is COc1ccc(C2CC(c3ccccc3)n3nc(N4C(=O)CCC4=O)nc3N2)cc1. The Labute approximate surface area is 173 Å². The van der Waals surface area contributed by atoms with Crippen LogP contribution in [0, 0.1) is 0 Å². The van der Waals surface area contributed by atoms with Crippen LogP contribution >= 0.6 is 0 Å². The summed E-state index contributed by atoms with van der Waals surface area (Å²) in [6, 6.07) is 17.9. The molecule has 30 heavy (non-hydrogen) atoms. The zero-order valence-electron chi connectivity index (χ0n) is 16.5. The molecule has 0 radical (unpaired) electrons. The molecule has 0 bridgehead atoms. The number of nitrogens with zero attached hydrogens (tertiary/aromatic N) is 4. The Bertz CT molecular complexity index is 1080. The zero-order valence-corrected chi connectivity index (χ0v) is 16.5. The largest absolute Gasteiger partial charge is 0.497 e. The van der Waals surface area contributed by atoms with Crippen molar-refractivity contribution in [2.75, 3.05) is 17.3 Å². The maximum absolute atomic E-state index is 12.2. The molecule has 2 aromatic carbocycles. The van der Waals surface area contributed by atoms with Gasteiger partial charge in [-0.25, -0.2) is 9.58 Å². The van der Waals surface area contributed by atoms with Crippen LogP contribution in [-0.4, -0.2) is 33.7 Å². The van der Waals surface area contributed by atoms with Gasteiger partial charge in [-0.05, 0) is 29.7 Å². The lowest BCUT2D eigenvalue weighted by molar-refractivity contribution is -0.121. The first-order chi connectivity index (χ1) is 14.6. The van der Waals surface area contributed by atoms with Crippen LogP contribution in [0.15, 0.2) is 54.6 Å². The van der Waals surface area contributed by atoms with Gasteiger partial charge >= 0.3 is 0 Å². The van der Waals surface area contributed by atoms with Gasteiger partial charge in [0.2, 0.25) is 17.8 Å². The number of hydrogen-bond donors (Lipinski definition) is 1. The standard InChI is InChI=1S/C22H21N5O3/c1-30-16-9-7-14(8-10-16)17-13-18(15-5-3-2-4-6-15)27-21(23-17)24-22(25-27)26-19(28)11-12-20(26)29/h2-10,17-18H,11-13H2,1H3,(H,23,24,25). The Hall–Kier alpha value is -3.68. The molecule has 0 aliphatic carbocycles. The van der Waals surface area contributed by atoms with Crippen molar-refractivity contribution in [2.45, 2.75) is 31.3 Å². The molecule has 2 aliphatic rings. The van der Waals surface area contributed by atoms with Crippen LogP contribution < -0.4 is 15.0 Å². The number of carbonyl (C=O) groups excluding carboxylic acids is 2. The average Bonchev–Trinajstić information content (AvgIpc) is 3.35. The summed E-state index contributed by atoms with van der Waals surface area (Å²) in [7, 11) is 1.64. The predicted molar refractivity (Wildman–Crippen MR) is 110 cm³/mol. The second kappa shape index (κ2) is 7.29. The maximum Gasteiger partial charge on any atom is 0.260 e. The van der Waals surface area contributed by atoms with Crippen molar-refractivity contribution < 1.29 is 14.3 Å². The van der Waals surface area contributed by atoms with Crippen molar-refractivity contribution in [1.82, 2.24) is 14.8 Å². The number of rotatable bonds is 4. The Morgan fingerprint density at radius 2 is 1.67 bits per heavy atom. The molecule has 2 amide bonds. The van der Waals surface area contributed by atoms with Gasteiger partial charge in [0.1, 0.15) is 5.75 Å². The molecule has 3 aromatic rings. The van der Waals surface area contributed by atoms with Crippen LogP contribution in [-0.2, 0) is 9.59 Å². The first-order valence-corrected chi connectivity index (χ1v) is 9.92. The number of ether oxygens (including phenoxy) is 1. The molecule has 1 aromatic heterocycles. The van der Waals surface area contributed by atoms with Gasteiger partial charge in [0.05, 0.1) is 19.2 Å². The lowest BCUT2D eigenvalue weighted by Gasteiger charge is -2.31. The topological polar surface area (TPSA) is 89.4 Å². The van der Waals surface area contributed by atoms with Gasteiger partial charge in [-0.2, -0.15) is 4.98 Å². The summed E-state index contributed by atoms with van der Waals surface area (Å²) in [6.07, 6.45) is 1.15. The molecule has 5 rings (SSSR count). The monoisotopic (exact) mass is 403 g/mol. The molecule has 8 heteroatoms. The minimum Gasteiger partial charge on any atom is -0.497 e. The molecular formula is C22H21N5O3. The average molecular weight is 403 g/mol. The van der Waals surface area contributed by atoms with E-state index in [0.29, 0.717) is 5.95 Å². The molecule has 2 aliphatic heterocycles. The highest BCUT2D eigenvalue weighted by Gasteiger charge is 2.37. The smallest absolute Gasteiger partial charge is 0.260 e. The van der Waals surface area contributed by atoms with E-state index in [9.17, 15) is 9.59 Å². The maximum atomic E-state index is 12.2. The van der Waals surface area contributed by atoms with Crippen molar-refractivity contribution in [3.8, 4) is 5.75 Å². The summed E-state index contributed by atoms with van der Waals surface area (Å²) in [6.45, 7) is 0. The number of nitrogens with one attached hydrogen (secondary N) is 1. The predicted octanol–water partition coefficient (Wildman–Crippen LogP) is 3.09. The Balaban J connectivity index is 1.55. The fourth-order valence-electron chi connectivity index (χ4n) is 4.07. The van der Waals surface area contributed by atoms with Gasteiger partial charge in [-0.1, -0.05) is 42.5 Å². The van der Waals surface area contributed by atoms with E-state index in [0.717, 1.165) is 28.2 Å². The first kappa shape index (κ1) is 18.4. The van der Waals surface area contributed by atoms with Crippen molar-refractivity contribution in [2.24, 2.45) is 0 Å². The van der Waals surface area contributed by atoms with Gasteiger partial charge in [-0.15, -0.1) is 5.10 Å². The Kier molecular flexibility index (Phi) is 4.46. The van der Waals surface area contributed by atoms with E-state index in [-0.39, 0.29) is 42.7 Å². The van der Waals surface area contributed by atoms with Crippen LogP contribution in [0.3, 0.4) is 0 Å². The van der Waals surface area contributed by atoms with E-state index in [1.54, 1.807) is 11.8 Å². The van der Waals surface area contributed by atoms with Crippen molar-refractivity contribution in [3.63, 3.8) is 0 Å². The number of aromatic nitrogens is 3. The fraction of sp³-hybridized carbons (Fsp3) is 0.273. The molecule has 152 valence electrons. The van der Waals surface area contributed by atoms with Crippen LogP contribution in [0.1, 0.15) is 42.5 Å². The summed E-state index contributed by atoms with van der Waals surface area (Å²) in [5.41, 5.74) is 2.19.